The molecule has 1 aliphatic carbocycles. The minimum atomic E-state index is -0.431. The maximum atomic E-state index is 13.5. The first-order valence-corrected chi connectivity index (χ1v) is 8.55. The summed E-state index contributed by atoms with van der Waals surface area (Å²) in [7, 11) is 0. The zero-order valence-corrected chi connectivity index (χ0v) is 14.1. The van der Waals surface area contributed by atoms with Crippen LogP contribution in [0.25, 0.3) is 0 Å². The highest BCUT2D eigenvalue weighted by atomic mass is 32.1. The van der Waals surface area contributed by atoms with E-state index >= 15 is 0 Å². The van der Waals surface area contributed by atoms with Crippen molar-refractivity contribution in [2.24, 2.45) is 5.41 Å². The molecule has 3 nitrogen and oxygen atoms in total. The fourth-order valence-corrected chi connectivity index (χ4v) is 4.20. The summed E-state index contributed by atoms with van der Waals surface area (Å²) in [6.45, 7) is 4.83. The van der Waals surface area contributed by atoms with Crippen molar-refractivity contribution >= 4 is 17.2 Å². The number of hydrogen-bond donors (Lipinski definition) is 1. The van der Waals surface area contributed by atoms with E-state index in [0.717, 1.165) is 11.3 Å². The van der Waals surface area contributed by atoms with Gasteiger partial charge in [-0.15, -0.1) is 11.3 Å². The summed E-state index contributed by atoms with van der Waals surface area (Å²) in [5.74, 6) is -0.152. The number of halogens is 1. The van der Waals surface area contributed by atoms with Crippen LogP contribution in [0.4, 0.5) is 4.39 Å². The fraction of sp³-hybridized carbons (Fsp3) is 0.389. The minimum absolute atomic E-state index is 0.0297. The van der Waals surface area contributed by atoms with Gasteiger partial charge in [0.2, 0.25) is 5.91 Å². The third kappa shape index (κ3) is 2.85. The molecule has 1 N–H and O–H groups in total. The topological polar surface area (TPSA) is 38.3 Å². The summed E-state index contributed by atoms with van der Waals surface area (Å²) in [5.41, 5.74) is -0.465. The minimum Gasteiger partial charge on any atom is -0.489 e. The molecule has 5 heteroatoms. The lowest BCUT2D eigenvalue weighted by molar-refractivity contribution is -0.124. The van der Waals surface area contributed by atoms with Gasteiger partial charge in [0.15, 0.2) is 11.6 Å². The Morgan fingerprint density at radius 1 is 1.30 bits per heavy atom. The number of hydrogen-bond acceptors (Lipinski definition) is 3. The number of carbonyl (C=O) groups is 1. The SMILES string of the molecule is CC1(C)CC1(C(=O)NCCOc1ccccc1F)c1cccs1. The molecule has 0 aliphatic heterocycles. The number of thiophene rings is 1. The van der Waals surface area contributed by atoms with Gasteiger partial charge in [-0.1, -0.05) is 32.0 Å². The number of ether oxygens (including phenoxy) is 1. The lowest BCUT2D eigenvalue weighted by atomic mass is 9.93. The maximum Gasteiger partial charge on any atom is 0.232 e. The zero-order chi connectivity index (χ0) is 16.5. The normalized spacial score (nSPS) is 21.7. The average Bonchev–Trinajstić information content (AvgIpc) is 2.91. The van der Waals surface area contributed by atoms with E-state index < -0.39 is 11.2 Å². The molecule has 0 spiro atoms. The molecule has 1 aromatic heterocycles. The summed E-state index contributed by atoms with van der Waals surface area (Å²) in [6.07, 6.45) is 0.848. The molecule has 0 bridgehead atoms. The van der Waals surface area contributed by atoms with Gasteiger partial charge in [0.25, 0.3) is 0 Å². The van der Waals surface area contributed by atoms with Crippen LogP contribution in [0.1, 0.15) is 25.1 Å². The van der Waals surface area contributed by atoms with Gasteiger partial charge in [0, 0.05) is 4.88 Å². The summed E-state index contributed by atoms with van der Waals surface area (Å²) in [5, 5.41) is 4.94. The van der Waals surface area contributed by atoms with E-state index in [0.29, 0.717) is 6.54 Å². The van der Waals surface area contributed by atoms with Crippen LogP contribution in [0.2, 0.25) is 0 Å². The molecule has 1 heterocycles. The van der Waals surface area contributed by atoms with Crippen LogP contribution in [-0.4, -0.2) is 19.1 Å². The molecule has 3 rings (SSSR count). The van der Waals surface area contributed by atoms with Crippen molar-refractivity contribution in [3.8, 4) is 5.75 Å². The Bertz CT molecular complexity index is 699. The number of nitrogens with one attached hydrogen (secondary N) is 1. The third-order valence-electron chi connectivity index (χ3n) is 4.55. The van der Waals surface area contributed by atoms with Crippen LogP contribution < -0.4 is 10.1 Å². The molecule has 1 atom stereocenters. The highest BCUT2D eigenvalue weighted by Crippen LogP contribution is 2.65. The van der Waals surface area contributed by atoms with Crippen molar-refractivity contribution in [1.29, 1.82) is 0 Å². The number of benzene rings is 1. The molecule has 0 radical (unpaired) electrons. The zero-order valence-electron chi connectivity index (χ0n) is 13.3. The predicted octanol–water partition coefficient (Wildman–Crippen LogP) is 3.75. The Morgan fingerprint density at radius 3 is 2.65 bits per heavy atom. The Kier molecular flexibility index (Phi) is 4.15. The molecule has 0 saturated heterocycles. The van der Waals surface area contributed by atoms with E-state index in [1.165, 1.54) is 6.07 Å². The summed E-state index contributed by atoms with van der Waals surface area (Å²) in [4.78, 5) is 13.8. The second-order valence-corrected chi connectivity index (χ2v) is 7.43. The van der Waals surface area contributed by atoms with Gasteiger partial charge < -0.3 is 10.1 Å². The van der Waals surface area contributed by atoms with Gasteiger partial charge in [0.1, 0.15) is 6.61 Å². The number of para-hydroxylation sites is 1. The molecule has 122 valence electrons. The molecule has 1 unspecified atom stereocenters. The standard InChI is InChI=1S/C18H20FNO2S/c1-17(2)12-18(17,15-8-5-11-23-15)16(21)20-9-10-22-14-7-4-3-6-13(14)19/h3-8,11H,9-10,12H2,1-2H3,(H,20,21). The number of rotatable bonds is 6. The quantitative estimate of drug-likeness (QED) is 0.818. The van der Waals surface area contributed by atoms with Crippen molar-refractivity contribution in [3.05, 3.63) is 52.5 Å². The van der Waals surface area contributed by atoms with Gasteiger partial charge in [-0.2, -0.15) is 0 Å². The van der Waals surface area contributed by atoms with Gasteiger partial charge in [-0.05, 0) is 35.4 Å². The average molecular weight is 333 g/mol. The van der Waals surface area contributed by atoms with E-state index in [9.17, 15) is 9.18 Å². The van der Waals surface area contributed by atoms with Crippen LogP contribution in [0.5, 0.6) is 5.75 Å². The first-order valence-electron chi connectivity index (χ1n) is 7.67. The largest absolute Gasteiger partial charge is 0.489 e. The summed E-state index contributed by atoms with van der Waals surface area (Å²) in [6, 6.07) is 10.3. The monoisotopic (exact) mass is 333 g/mol. The highest BCUT2D eigenvalue weighted by molar-refractivity contribution is 7.10. The Hall–Kier alpha value is -1.88. The fourth-order valence-electron chi connectivity index (χ4n) is 3.10. The lowest BCUT2D eigenvalue weighted by Crippen LogP contribution is -2.39. The van der Waals surface area contributed by atoms with Crippen LogP contribution in [0, 0.1) is 11.2 Å². The molecule has 2 aromatic rings. The molecule has 1 saturated carbocycles. The van der Waals surface area contributed by atoms with Crippen molar-refractivity contribution in [2.75, 3.05) is 13.2 Å². The Labute approximate surface area is 139 Å². The molecular weight excluding hydrogens is 313 g/mol. The smallest absolute Gasteiger partial charge is 0.232 e. The third-order valence-corrected chi connectivity index (χ3v) is 5.58. The predicted molar refractivity (Wildman–Crippen MR) is 89.3 cm³/mol. The lowest BCUT2D eigenvalue weighted by Gasteiger charge is -2.19. The molecule has 23 heavy (non-hydrogen) atoms. The first kappa shape index (κ1) is 16.0. The Morgan fingerprint density at radius 2 is 2.04 bits per heavy atom. The van der Waals surface area contributed by atoms with Crippen LogP contribution in [-0.2, 0) is 10.2 Å². The highest BCUT2D eigenvalue weighted by Gasteiger charge is 2.67. The van der Waals surface area contributed by atoms with Gasteiger partial charge in [-0.25, -0.2) is 4.39 Å². The van der Waals surface area contributed by atoms with Gasteiger partial charge >= 0.3 is 0 Å². The van der Waals surface area contributed by atoms with Gasteiger partial charge in [-0.3, -0.25) is 4.79 Å². The van der Waals surface area contributed by atoms with E-state index in [4.69, 9.17) is 4.74 Å². The van der Waals surface area contributed by atoms with E-state index in [2.05, 4.69) is 19.2 Å². The molecule has 1 aromatic carbocycles. The van der Waals surface area contributed by atoms with Crippen molar-refractivity contribution in [2.45, 2.75) is 25.7 Å². The van der Waals surface area contributed by atoms with E-state index in [1.54, 1.807) is 29.5 Å². The van der Waals surface area contributed by atoms with E-state index in [1.807, 2.05) is 17.5 Å². The molecule has 1 fully saturated rings. The van der Waals surface area contributed by atoms with Crippen LogP contribution >= 0.6 is 11.3 Å². The first-order chi connectivity index (χ1) is 11.0. The maximum absolute atomic E-state index is 13.5. The van der Waals surface area contributed by atoms with Crippen LogP contribution in [0.3, 0.4) is 0 Å². The van der Waals surface area contributed by atoms with Crippen molar-refractivity contribution in [1.82, 2.24) is 5.32 Å². The number of carbonyl (C=O) groups excluding carboxylic acids is 1. The van der Waals surface area contributed by atoms with Crippen LogP contribution in [0.15, 0.2) is 41.8 Å². The molecular formula is C18H20FNO2S. The van der Waals surface area contributed by atoms with Crippen molar-refractivity contribution in [3.63, 3.8) is 0 Å². The summed E-state index contributed by atoms with van der Waals surface area (Å²) >= 11 is 1.62. The van der Waals surface area contributed by atoms with Crippen molar-refractivity contribution < 1.29 is 13.9 Å². The molecule has 1 aliphatic rings. The second-order valence-electron chi connectivity index (χ2n) is 6.48. The second kappa shape index (κ2) is 5.96. The molecule has 1 amide bonds. The van der Waals surface area contributed by atoms with E-state index in [-0.39, 0.29) is 23.7 Å². The van der Waals surface area contributed by atoms with Gasteiger partial charge in [0.05, 0.1) is 12.0 Å². The summed E-state index contributed by atoms with van der Waals surface area (Å²) < 4.78 is 18.8. The Balaban J connectivity index is 1.56. The number of amides is 1.